The van der Waals surface area contributed by atoms with Crippen molar-refractivity contribution in [1.82, 2.24) is 15.2 Å². The first-order valence-electron chi connectivity index (χ1n) is 7.37. The van der Waals surface area contributed by atoms with Crippen LogP contribution < -0.4 is 5.32 Å². The van der Waals surface area contributed by atoms with Crippen LogP contribution in [0.2, 0.25) is 0 Å². The Balaban J connectivity index is 2.05. The number of likely N-dealkylation sites (N-methyl/N-ethyl adjacent to an activating group) is 1. The van der Waals surface area contributed by atoms with E-state index >= 15 is 0 Å². The molecule has 1 heterocycles. The Hall–Kier alpha value is -1.95. The number of Topliss-reactive ketones (excluding diaryl/α,β-unsaturated/α-hetero) is 1. The van der Waals surface area contributed by atoms with E-state index in [0.717, 1.165) is 19.6 Å². The zero-order chi connectivity index (χ0) is 15.4. The molecule has 1 N–H and O–H groups in total. The van der Waals surface area contributed by atoms with E-state index in [1.807, 2.05) is 6.92 Å². The van der Waals surface area contributed by atoms with E-state index in [-0.39, 0.29) is 23.0 Å². The average molecular weight is 291 g/mol. The lowest BCUT2D eigenvalue weighted by Crippen LogP contribution is -2.34. The molecule has 0 unspecified atom stereocenters. The van der Waals surface area contributed by atoms with Crippen molar-refractivity contribution in [2.75, 3.05) is 26.2 Å². The molecule has 0 bridgehead atoms. The Labute approximate surface area is 124 Å². The number of fused-ring (bicyclic) bond motifs is 1. The topological polar surface area (TPSA) is 75.4 Å². The molecule has 1 aromatic heterocycles. The molecule has 0 saturated heterocycles. The summed E-state index contributed by atoms with van der Waals surface area (Å²) in [5, 5.41) is 3.04. The molecule has 1 aliphatic carbocycles. The molecular formula is C15H21N3O3. The number of hydrogen-bond donors (Lipinski definition) is 1. The molecule has 1 aliphatic rings. The first-order chi connectivity index (χ1) is 10.1. The fraction of sp³-hybridized carbons (Fsp3) is 0.533. The molecule has 0 spiro atoms. The van der Waals surface area contributed by atoms with E-state index in [2.05, 4.69) is 29.0 Å². The zero-order valence-corrected chi connectivity index (χ0v) is 12.7. The summed E-state index contributed by atoms with van der Waals surface area (Å²) in [5.74, 6) is -0.0969. The largest absolute Gasteiger partial charge is 0.436 e. The maximum atomic E-state index is 12.3. The maximum absolute atomic E-state index is 12.3. The molecule has 21 heavy (non-hydrogen) atoms. The van der Waals surface area contributed by atoms with Crippen molar-refractivity contribution >= 4 is 11.6 Å². The molecule has 6 heteroatoms. The summed E-state index contributed by atoms with van der Waals surface area (Å²) in [6, 6.07) is 0. The van der Waals surface area contributed by atoms with Crippen LogP contribution in [-0.4, -0.2) is 47.6 Å². The molecule has 0 atom stereocenters. The van der Waals surface area contributed by atoms with Crippen LogP contribution in [0.15, 0.2) is 16.2 Å². The number of oxazole rings is 1. The van der Waals surface area contributed by atoms with Gasteiger partial charge in [0, 0.05) is 25.6 Å². The summed E-state index contributed by atoms with van der Waals surface area (Å²) in [4.78, 5) is 30.6. The highest BCUT2D eigenvalue weighted by Crippen LogP contribution is 2.21. The molecule has 0 fully saturated rings. The van der Waals surface area contributed by atoms with Crippen molar-refractivity contribution in [1.29, 1.82) is 0 Å². The van der Waals surface area contributed by atoms with Crippen LogP contribution in [0, 0.1) is 0 Å². The second-order valence-corrected chi connectivity index (χ2v) is 4.84. The molecule has 2 rings (SSSR count). The van der Waals surface area contributed by atoms with E-state index in [1.165, 1.54) is 6.08 Å². The van der Waals surface area contributed by atoms with Crippen molar-refractivity contribution in [3.05, 3.63) is 29.1 Å². The van der Waals surface area contributed by atoms with Crippen LogP contribution in [0.5, 0.6) is 0 Å². The van der Waals surface area contributed by atoms with E-state index in [4.69, 9.17) is 4.42 Å². The van der Waals surface area contributed by atoms with Crippen LogP contribution in [0.3, 0.4) is 0 Å². The molecule has 0 saturated carbocycles. The summed E-state index contributed by atoms with van der Waals surface area (Å²) in [6.07, 6.45) is 1.86. The Morgan fingerprint density at radius 2 is 1.95 bits per heavy atom. The van der Waals surface area contributed by atoms with Crippen molar-refractivity contribution in [3.8, 4) is 0 Å². The van der Waals surface area contributed by atoms with Gasteiger partial charge in [0.2, 0.25) is 17.3 Å². The van der Waals surface area contributed by atoms with Crippen molar-refractivity contribution in [2.24, 2.45) is 0 Å². The van der Waals surface area contributed by atoms with Gasteiger partial charge in [0.25, 0.3) is 0 Å². The predicted molar refractivity (Wildman–Crippen MR) is 78.4 cm³/mol. The van der Waals surface area contributed by atoms with Crippen LogP contribution in [0.25, 0.3) is 0 Å². The van der Waals surface area contributed by atoms with Crippen molar-refractivity contribution < 1.29 is 14.0 Å². The third-order valence-corrected chi connectivity index (χ3v) is 3.57. The second kappa shape index (κ2) is 6.67. The maximum Gasteiger partial charge on any atom is 0.231 e. The van der Waals surface area contributed by atoms with Gasteiger partial charge in [-0.25, -0.2) is 4.98 Å². The van der Waals surface area contributed by atoms with Gasteiger partial charge in [-0.05, 0) is 13.1 Å². The first-order valence-corrected chi connectivity index (χ1v) is 7.37. The highest BCUT2D eigenvalue weighted by molar-refractivity contribution is 6.22. The fourth-order valence-corrected chi connectivity index (χ4v) is 2.25. The monoisotopic (exact) mass is 291 g/mol. The van der Waals surface area contributed by atoms with Gasteiger partial charge in [-0.1, -0.05) is 20.8 Å². The smallest absolute Gasteiger partial charge is 0.231 e. The third-order valence-electron chi connectivity index (χ3n) is 3.57. The van der Waals surface area contributed by atoms with Gasteiger partial charge in [-0.15, -0.1) is 0 Å². The molecule has 0 aliphatic heterocycles. The number of allylic oxidation sites excluding steroid dienone is 2. The van der Waals surface area contributed by atoms with Gasteiger partial charge in [-0.3, -0.25) is 9.59 Å². The number of ketones is 2. The summed E-state index contributed by atoms with van der Waals surface area (Å²) in [5.41, 5.74) is 0.431. The minimum atomic E-state index is -0.304. The molecule has 0 aromatic carbocycles. The Kier molecular flexibility index (Phi) is 4.90. The van der Waals surface area contributed by atoms with Gasteiger partial charge in [-0.2, -0.15) is 0 Å². The minimum Gasteiger partial charge on any atom is -0.436 e. The van der Waals surface area contributed by atoms with Gasteiger partial charge in [0.1, 0.15) is 0 Å². The molecule has 0 radical (unpaired) electrons. The Morgan fingerprint density at radius 1 is 1.24 bits per heavy atom. The van der Waals surface area contributed by atoms with E-state index in [0.29, 0.717) is 24.6 Å². The van der Waals surface area contributed by atoms with Gasteiger partial charge < -0.3 is 14.6 Å². The first kappa shape index (κ1) is 15.4. The highest BCUT2D eigenvalue weighted by Gasteiger charge is 2.31. The van der Waals surface area contributed by atoms with Crippen LogP contribution in [0.4, 0.5) is 0 Å². The standard InChI is InChI=1S/C15H21N3O3/c1-4-12-17-13-14(20)10(9-11(19)15(13)21-12)16-7-8-18(5-2)6-3/h9,16H,4-8H2,1-3H3. The van der Waals surface area contributed by atoms with Crippen molar-refractivity contribution in [3.63, 3.8) is 0 Å². The third kappa shape index (κ3) is 3.21. The summed E-state index contributed by atoms with van der Waals surface area (Å²) in [6.45, 7) is 9.38. The quantitative estimate of drug-likeness (QED) is 0.819. The number of nitrogens with zero attached hydrogens (tertiary/aromatic N) is 2. The number of rotatable bonds is 7. The fourth-order valence-electron chi connectivity index (χ4n) is 2.25. The summed E-state index contributed by atoms with van der Waals surface area (Å²) < 4.78 is 5.30. The number of carbonyl (C=O) groups is 2. The minimum absolute atomic E-state index is 0.0612. The number of aryl methyl sites for hydroxylation is 1. The molecular weight excluding hydrogens is 270 g/mol. The van der Waals surface area contributed by atoms with Gasteiger partial charge in [0.15, 0.2) is 11.6 Å². The van der Waals surface area contributed by atoms with Gasteiger partial charge in [0.05, 0.1) is 5.70 Å². The lowest BCUT2D eigenvalue weighted by atomic mass is 10.0. The lowest BCUT2D eigenvalue weighted by Gasteiger charge is -2.19. The number of hydrogen-bond acceptors (Lipinski definition) is 6. The van der Waals surface area contributed by atoms with E-state index < -0.39 is 0 Å². The Bertz CT molecular complexity index is 571. The zero-order valence-electron chi connectivity index (χ0n) is 12.7. The summed E-state index contributed by atoms with van der Waals surface area (Å²) >= 11 is 0. The molecule has 6 nitrogen and oxygen atoms in total. The average Bonchev–Trinajstić information content (AvgIpc) is 2.93. The normalized spacial score (nSPS) is 14.4. The SMILES string of the molecule is CCc1nc2c(o1)C(=O)C=C(NCCN(CC)CC)C2=O. The van der Waals surface area contributed by atoms with E-state index in [1.54, 1.807) is 0 Å². The predicted octanol–water partition coefficient (Wildman–Crippen LogP) is 1.43. The van der Waals surface area contributed by atoms with Crippen LogP contribution in [-0.2, 0) is 6.42 Å². The molecule has 1 aromatic rings. The highest BCUT2D eigenvalue weighted by atomic mass is 16.4. The number of nitrogens with one attached hydrogen (secondary N) is 1. The molecule has 0 amide bonds. The Morgan fingerprint density at radius 3 is 2.57 bits per heavy atom. The van der Waals surface area contributed by atoms with Crippen LogP contribution >= 0.6 is 0 Å². The molecule has 114 valence electrons. The summed E-state index contributed by atoms with van der Waals surface area (Å²) in [7, 11) is 0. The van der Waals surface area contributed by atoms with Crippen LogP contribution in [0.1, 0.15) is 47.7 Å². The number of aromatic nitrogens is 1. The van der Waals surface area contributed by atoms with Crippen molar-refractivity contribution in [2.45, 2.75) is 27.2 Å². The lowest BCUT2D eigenvalue weighted by molar-refractivity contribution is 0.0959. The number of carbonyl (C=O) groups excluding carboxylic acids is 2. The second-order valence-electron chi connectivity index (χ2n) is 4.84. The van der Waals surface area contributed by atoms with Gasteiger partial charge >= 0.3 is 0 Å². The van der Waals surface area contributed by atoms with E-state index in [9.17, 15) is 9.59 Å².